The Bertz CT molecular complexity index is 1450. The van der Waals surface area contributed by atoms with E-state index in [9.17, 15) is 19.7 Å². The Kier molecular flexibility index (Phi) is 7.11. The van der Waals surface area contributed by atoms with Crippen LogP contribution in [0.15, 0.2) is 83.3 Å². The minimum Gasteiger partial charge on any atom is -0.497 e. The molecule has 4 rings (SSSR count). The first-order valence-corrected chi connectivity index (χ1v) is 10.5. The summed E-state index contributed by atoms with van der Waals surface area (Å²) < 4.78 is 10.6. The van der Waals surface area contributed by atoms with E-state index in [2.05, 4.69) is 20.8 Å². The molecule has 3 aromatic carbocycles. The van der Waals surface area contributed by atoms with Gasteiger partial charge in [0.1, 0.15) is 5.75 Å². The highest BCUT2D eigenvalue weighted by Crippen LogP contribution is 2.23. The topological polar surface area (TPSA) is 149 Å². The molecule has 1 aromatic heterocycles. The van der Waals surface area contributed by atoms with Crippen LogP contribution in [0.3, 0.4) is 0 Å². The summed E-state index contributed by atoms with van der Waals surface area (Å²) in [5.41, 5.74) is 1.71. The molecule has 0 saturated heterocycles. The summed E-state index contributed by atoms with van der Waals surface area (Å²) in [6.45, 7) is 0. The molecular formula is C25H19N5O6. The third-order valence-corrected chi connectivity index (χ3v) is 4.88. The molecule has 0 aliphatic carbocycles. The Labute approximate surface area is 204 Å². The van der Waals surface area contributed by atoms with Crippen molar-refractivity contribution in [2.75, 3.05) is 17.7 Å². The number of nitrogens with one attached hydrogen (secondary N) is 2. The summed E-state index contributed by atoms with van der Waals surface area (Å²) >= 11 is 0. The predicted molar refractivity (Wildman–Crippen MR) is 131 cm³/mol. The van der Waals surface area contributed by atoms with Crippen molar-refractivity contribution in [1.29, 1.82) is 0 Å². The number of carbonyl (C=O) groups is 2. The Morgan fingerprint density at radius 2 is 1.78 bits per heavy atom. The molecule has 11 nitrogen and oxygen atoms in total. The van der Waals surface area contributed by atoms with E-state index in [0.717, 1.165) is 0 Å². The van der Waals surface area contributed by atoms with Gasteiger partial charge in [-0.3, -0.25) is 25.0 Å². The molecule has 0 aliphatic rings. The lowest BCUT2D eigenvalue weighted by Crippen LogP contribution is -2.13. The van der Waals surface area contributed by atoms with Crippen molar-refractivity contribution in [3.05, 3.63) is 100 Å². The molecule has 0 saturated carbocycles. The number of nitrogens with zero attached hydrogens (tertiary/aromatic N) is 3. The Morgan fingerprint density at radius 1 is 1.00 bits per heavy atom. The van der Waals surface area contributed by atoms with E-state index in [4.69, 9.17) is 9.15 Å². The number of ether oxygens (including phenoxy) is 1. The lowest BCUT2D eigenvalue weighted by atomic mass is 10.1. The Morgan fingerprint density at radius 3 is 2.53 bits per heavy atom. The third kappa shape index (κ3) is 5.97. The Hall–Kier alpha value is -5.32. The fourth-order valence-corrected chi connectivity index (χ4v) is 3.13. The highest BCUT2D eigenvalue weighted by Gasteiger charge is 2.14. The van der Waals surface area contributed by atoms with Crippen molar-refractivity contribution in [2.45, 2.75) is 0 Å². The molecule has 36 heavy (non-hydrogen) atoms. The van der Waals surface area contributed by atoms with Crippen molar-refractivity contribution in [3.63, 3.8) is 0 Å². The number of methoxy groups -OCH3 is 1. The van der Waals surface area contributed by atoms with Gasteiger partial charge in [-0.15, -0.1) is 5.10 Å². The van der Waals surface area contributed by atoms with Crippen LogP contribution in [0.4, 0.5) is 17.4 Å². The fraction of sp³-hybridized carbons (Fsp3) is 0.0400. The minimum absolute atomic E-state index is 0.0753. The van der Waals surface area contributed by atoms with Crippen LogP contribution in [-0.2, 0) is 4.79 Å². The average molecular weight is 485 g/mol. The van der Waals surface area contributed by atoms with Crippen LogP contribution in [-0.4, -0.2) is 34.0 Å². The zero-order valence-electron chi connectivity index (χ0n) is 18.9. The number of benzene rings is 3. The van der Waals surface area contributed by atoms with Crippen LogP contribution in [0.25, 0.3) is 17.5 Å². The van der Waals surface area contributed by atoms with Gasteiger partial charge in [-0.2, -0.15) is 0 Å². The maximum absolute atomic E-state index is 12.6. The number of nitro groups is 1. The van der Waals surface area contributed by atoms with Crippen LogP contribution in [0.2, 0.25) is 0 Å². The summed E-state index contributed by atoms with van der Waals surface area (Å²) in [6.07, 6.45) is 2.69. The molecule has 0 unspecified atom stereocenters. The zero-order chi connectivity index (χ0) is 25.5. The second-order valence-electron chi connectivity index (χ2n) is 7.35. The van der Waals surface area contributed by atoms with Crippen LogP contribution in [0.1, 0.15) is 15.9 Å². The first-order chi connectivity index (χ1) is 17.4. The average Bonchev–Trinajstić information content (AvgIpc) is 3.36. The van der Waals surface area contributed by atoms with E-state index in [1.807, 2.05) is 0 Å². The molecule has 11 heteroatoms. The van der Waals surface area contributed by atoms with Crippen molar-refractivity contribution in [1.82, 2.24) is 10.2 Å². The number of hydrogen-bond acceptors (Lipinski definition) is 8. The largest absolute Gasteiger partial charge is 0.497 e. The molecule has 0 spiro atoms. The number of amides is 2. The summed E-state index contributed by atoms with van der Waals surface area (Å²) in [6, 6.07) is 19.0. The molecule has 180 valence electrons. The molecule has 0 radical (unpaired) electrons. The number of hydrogen-bond donors (Lipinski definition) is 2. The molecule has 2 N–H and O–H groups in total. The number of anilines is 2. The SMILES string of the molecule is COc1ccc(-c2nnc(NC(=O)c3cccc(NC(=O)/C=C/c4cccc([N+](=O)[O-])c4)c3)o2)cc1. The van der Waals surface area contributed by atoms with Crippen LogP contribution in [0, 0.1) is 10.1 Å². The van der Waals surface area contributed by atoms with E-state index in [1.165, 1.54) is 36.4 Å². The van der Waals surface area contributed by atoms with Gasteiger partial charge in [0.15, 0.2) is 0 Å². The molecule has 2 amide bonds. The lowest BCUT2D eigenvalue weighted by molar-refractivity contribution is -0.384. The first-order valence-electron chi connectivity index (χ1n) is 10.5. The number of non-ortho nitro benzene ring substituents is 1. The lowest BCUT2D eigenvalue weighted by Gasteiger charge is -2.05. The standard InChI is InChI=1S/C25H19N5O6/c1-35-21-11-9-17(10-12-21)24-28-29-25(36-24)27-23(32)18-5-3-6-19(15-18)26-22(31)13-8-16-4-2-7-20(14-16)30(33)34/h2-15H,1H3,(H,26,31)(H,27,29,32)/b13-8+. The van der Waals surface area contributed by atoms with Gasteiger partial charge >= 0.3 is 6.01 Å². The smallest absolute Gasteiger partial charge is 0.322 e. The normalized spacial score (nSPS) is 10.7. The van der Waals surface area contributed by atoms with Crippen LogP contribution < -0.4 is 15.4 Å². The summed E-state index contributed by atoms with van der Waals surface area (Å²) in [5, 5.41) is 23.8. The maximum atomic E-state index is 12.6. The molecule has 0 aliphatic heterocycles. The second-order valence-corrected chi connectivity index (χ2v) is 7.35. The highest BCUT2D eigenvalue weighted by atomic mass is 16.6. The van der Waals surface area contributed by atoms with Gasteiger partial charge in [-0.1, -0.05) is 23.3 Å². The van der Waals surface area contributed by atoms with Gasteiger partial charge in [0, 0.05) is 35.0 Å². The van der Waals surface area contributed by atoms with Gasteiger partial charge < -0.3 is 14.5 Å². The number of rotatable bonds is 8. The van der Waals surface area contributed by atoms with Crippen molar-refractivity contribution < 1.29 is 23.7 Å². The molecule has 0 atom stereocenters. The van der Waals surface area contributed by atoms with E-state index in [0.29, 0.717) is 22.6 Å². The van der Waals surface area contributed by atoms with Gasteiger partial charge in [-0.25, -0.2) is 0 Å². The van der Waals surface area contributed by atoms with Crippen molar-refractivity contribution in [3.8, 4) is 17.2 Å². The summed E-state index contributed by atoms with van der Waals surface area (Å²) in [5.74, 6) is -0.0777. The second kappa shape index (κ2) is 10.7. The summed E-state index contributed by atoms with van der Waals surface area (Å²) in [7, 11) is 1.56. The van der Waals surface area contributed by atoms with Gasteiger partial charge in [-0.05, 0) is 54.1 Å². The first kappa shape index (κ1) is 23.8. The van der Waals surface area contributed by atoms with Crippen LogP contribution in [0.5, 0.6) is 5.75 Å². The van der Waals surface area contributed by atoms with Gasteiger partial charge in [0.2, 0.25) is 11.8 Å². The van der Waals surface area contributed by atoms with Crippen molar-refractivity contribution >= 4 is 35.3 Å². The van der Waals surface area contributed by atoms with E-state index < -0.39 is 16.7 Å². The summed E-state index contributed by atoms with van der Waals surface area (Å²) in [4.78, 5) is 35.3. The van der Waals surface area contributed by atoms with Crippen LogP contribution >= 0.6 is 0 Å². The Balaban J connectivity index is 1.38. The third-order valence-electron chi connectivity index (χ3n) is 4.88. The molecule has 1 heterocycles. The van der Waals surface area contributed by atoms with Gasteiger partial charge in [0.25, 0.3) is 11.6 Å². The fourth-order valence-electron chi connectivity index (χ4n) is 3.13. The monoisotopic (exact) mass is 485 g/mol. The van der Waals surface area contributed by atoms with E-state index in [1.54, 1.807) is 55.6 Å². The maximum Gasteiger partial charge on any atom is 0.322 e. The number of aromatic nitrogens is 2. The molecule has 0 fully saturated rings. The van der Waals surface area contributed by atoms with Gasteiger partial charge in [0.05, 0.1) is 12.0 Å². The van der Waals surface area contributed by atoms with E-state index >= 15 is 0 Å². The van der Waals surface area contributed by atoms with E-state index in [-0.39, 0.29) is 23.2 Å². The quantitative estimate of drug-likeness (QED) is 0.210. The molecular weight excluding hydrogens is 466 g/mol. The molecule has 4 aromatic rings. The predicted octanol–water partition coefficient (Wildman–Crippen LogP) is 4.56. The number of nitro benzene ring substituents is 1. The minimum atomic E-state index is -0.512. The highest BCUT2D eigenvalue weighted by molar-refractivity contribution is 6.05. The van der Waals surface area contributed by atoms with Crippen molar-refractivity contribution in [2.24, 2.45) is 0 Å². The number of carbonyl (C=O) groups excluding carboxylic acids is 2. The molecule has 0 bridgehead atoms. The zero-order valence-corrected chi connectivity index (χ0v) is 18.9.